The molecule has 2 N–H and O–H groups in total. The summed E-state index contributed by atoms with van der Waals surface area (Å²) in [5.41, 5.74) is 1.50. The van der Waals surface area contributed by atoms with Crippen molar-refractivity contribution in [2.24, 2.45) is 0 Å². The number of hydrogen-bond acceptors (Lipinski definition) is 4. The van der Waals surface area contributed by atoms with E-state index < -0.39 is 15.7 Å². The van der Waals surface area contributed by atoms with E-state index in [4.69, 9.17) is 11.6 Å². The predicted octanol–water partition coefficient (Wildman–Crippen LogP) is 3.17. The van der Waals surface area contributed by atoms with Crippen LogP contribution >= 0.6 is 11.6 Å². The van der Waals surface area contributed by atoms with Crippen LogP contribution in [0.3, 0.4) is 0 Å². The third-order valence-corrected chi connectivity index (χ3v) is 6.31. The van der Waals surface area contributed by atoms with Crippen LogP contribution in [-0.4, -0.2) is 29.6 Å². The number of carbonyl (C=O) groups excluding carboxylic acids is 1. The summed E-state index contributed by atoms with van der Waals surface area (Å²) in [4.78, 5) is 27.3. The number of anilines is 1. The van der Waals surface area contributed by atoms with E-state index in [1.54, 1.807) is 37.4 Å². The van der Waals surface area contributed by atoms with Crippen LogP contribution in [0.25, 0.3) is 5.69 Å². The van der Waals surface area contributed by atoms with Gasteiger partial charge in [-0.15, -0.1) is 0 Å². The van der Waals surface area contributed by atoms with Gasteiger partial charge in [0.15, 0.2) is 9.84 Å². The minimum atomic E-state index is -3.47. The van der Waals surface area contributed by atoms with Gasteiger partial charge >= 0.3 is 5.69 Å². The molecule has 0 aliphatic heterocycles. The van der Waals surface area contributed by atoms with Gasteiger partial charge in [0.05, 0.1) is 26.9 Å². The Morgan fingerprint density at radius 2 is 1.96 bits per heavy atom. The number of aromatic nitrogens is 2. The number of nitrogens with one attached hydrogen (secondary N) is 2. The third-order valence-electron chi connectivity index (χ3n) is 4.24. The van der Waals surface area contributed by atoms with Gasteiger partial charge in [0.2, 0.25) is 0 Å². The third kappa shape index (κ3) is 3.88. The molecule has 0 fully saturated rings. The van der Waals surface area contributed by atoms with E-state index in [-0.39, 0.29) is 26.9 Å². The summed E-state index contributed by atoms with van der Waals surface area (Å²) >= 11 is 6.10. The molecule has 0 aliphatic rings. The number of benzene rings is 2. The maximum absolute atomic E-state index is 12.7. The van der Waals surface area contributed by atoms with Crippen molar-refractivity contribution in [2.45, 2.75) is 18.7 Å². The lowest BCUT2D eigenvalue weighted by Crippen LogP contribution is -2.17. The number of rotatable bonds is 5. The molecule has 146 valence electrons. The molecule has 9 heteroatoms. The molecular weight excluding hydrogens is 402 g/mol. The molecular formula is C19H18ClN3O4S. The van der Waals surface area contributed by atoms with E-state index >= 15 is 0 Å². The van der Waals surface area contributed by atoms with Crippen molar-refractivity contribution in [3.63, 3.8) is 0 Å². The molecule has 1 heterocycles. The van der Waals surface area contributed by atoms with E-state index in [0.29, 0.717) is 17.1 Å². The molecule has 0 atom stereocenters. The second-order valence-electron chi connectivity index (χ2n) is 6.12. The Labute approximate surface area is 166 Å². The Balaban J connectivity index is 1.93. The van der Waals surface area contributed by atoms with Crippen molar-refractivity contribution in [3.05, 3.63) is 75.4 Å². The van der Waals surface area contributed by atoms with E-state index in [1.807, 2.05) is 0 Å². The van der Waals surface area contributed by atoms with E-state index in [1.165, 1.54) is 29.7 Å². The summed E-state index contributed by atoms with van der Waals surface area (Å²) in [6.07, 6.45) is 1.59. The minimum Gasteiger partial charge on any atom is -0.322 e. The second kappa shape index (κ2) is 7.65. The average molecular weight is 420 g/mol. The van der Waals surface area contributed by atoms with Crippen molar-refractivity contribution in [1.82, 2.24) is 9.55 Å². The first-order valence-corrected chi connectivity index (χ1v) is 10.5. The zero-order chi connectivity index (χ0) is 20.5. The molecule has 0 unspecified atom stereocenters. The lowest BCUT2D eigenvalue weighted by molar-refractivity contribution is 0.102. The molecule has 28 heavy (non-hydrogen) atoms. The van der Waals surface area contributed by atoms with Crippen LogP contribution in [0, 0.1) is 6.92 Å². The van der Waals surface area contributed by atoms with Crippen LogP contribution in [0.5, 0.6) is 0 Å². The maximum atomic E-state index is 12.7. The zero-order valence-electron chi connectivity index (χ0n) is 15.2. The first kappa shape index (κ1) is 19.9. The maximum Gasteiger partial charge on any atom is 0.330 e. The summed E-state index contributed by atoms with van der Waals surface area (Å²) in [6.45, 7) is 3.31. The van der Waals surface area contributed by atoms with Gasteiger partial charge in [0.1, 0.15) is 0 Å². The summed E-state index contributed by atoms with van der Waals surface area (Å²) in [5.74, 6) is -0.629. The molecule has 7 nitrogen and oxygen atoms in total. The number of aryl methyl sites for hydroxylation is 1. The first-order chi connectivity index (χ1) is 13.2. The Morgan fingerprint density at radius 3 is 2.61 bits per heavy atom. The molecule has 0 bridgehead atoms. The number of nitrogens with zero attached hydrogens (tertiary/aromatic N) is 1. The van der Waals surface area contributed by atoms with E-state index in [0.717, 1.165) is 0 Å². The van der Waals surface area contributed by atoms with Gasteiger partial charge in [-0.3, -0.25) is 9.36 Å². The molecule has 0 saturated carbocycles. The highest BCUT2D eigenvalue weighted by atomic mass is 35.5. The van der Waals surface area contributed by atoms with Crippen LogP contribution in [0.4, 0.5) is 5.69 Å². The number of imidazole rings is 1. The Kier molecular flexibility index (Phi) is 5.44. The van der Waals surface area contributed by atoms with Crippen LogP contribution in [0.2, 0.25) is 5.02 Å². The fourth-order valence-corrected chi connectivity index (χ4v) is 3.85. The van der Waals surface area contributed by atoms with E-state index in [2.05, 4.69) is 10.3 Å². The minimum absolute atomic E-state index is 0.0350. The van der Waals surface area contributed by atoms with Gasteiger partial charge < -0.3 is 10.3 Å². The number of hydrogen-bond donors (Lipinski definition) is 2. The smallest absolute Gasteiger partial charge is 0.322 e. The number of aromatic amines is 1. The average Bonchev–Trinajstić information content (AvgIpc) is 3.00. The largest absolute Gasteiger partial charge is 0.330 e. The highest BCUT2D eigenvalue weighted by Crippen LogP contribution is 2.23. The Hall–Kier alpha value is -2.84. The summed E-state index contributed by atoms with van der Waals surface area (Å²) < 4.78 is 25.6. The molecule has 3 rings (SSSR count). The lowest BCUT2D eigenvalue weighted by atomic mass is 10.2. The quantitative estimate of drug-likeness (QED) is 0.663. The SMILES string of the molecule is CCS(=O)(=O)c1ccc(Cl)c(C(=O)Nc2cccc(-n3c(C)c[nH]c3=O)c2)c1. The highest BCUT2D eigenvalue weighted by molar-refractivity contribution is 7.91. The van der Waals surface area contributed by atoms with Gasteiger partial charge in [0.25, 0.3) is 5.91 Å². The number of H-pyrrole nitrogens is 1. The van der Waals surface area contributed by atoms with Gasteiger partial charge in [-0.2, -0.15) is 0 Å². The molecule has 1 aromatic heterocycles. The van der Waals surface area contributed by atoms with Crippen LogP contribution in [0.1, 0.15) is 23.0 Å². The topological polar surface area (TPSA) is 101 Å². The number of carbonyl (C=O) groups is 1. The zero-order valence-corrected chi connectivity index (χ0v) is 16.8. The fourth-order valence-electron chi connectivity index (χ4n) is 2.74. The summed E-state index contributed by atoms with van der Waals surface area (Å²) in [5, 5.41) is 2.83. The van der Waals surface area contributed by atoms with Crippen molar-refractivity contribution in [3.8, 4) is 5.69 Å². The number of halogens is 1. The normalized spacial score (nSPS) is 11.4. The Bertz CT molecular complexity index is 1210. The molecule has 0 aliphatic carbocycles. The number of amides is 1. The van der Waals surface area contributed by atoms with Crippen LogP contribution in [-0.2, 0) is 9.84 Å². The molecule has 0 saturated heterocycles. The predicted molar refractivity (Wildman–Crippen MR) is 108 cm³/mol. The van der Waals surface area contributed by atoms with Crippen LogP contribution < -0.4 is 11.0 Å². The summed E-state index contributed by atoms with van der Waals surface area (Å²) in [7, 11) is -3.47. The van der Waals surface area contributed by atoms with Gasteiger partial charge in [-0.1, -0.05) is 24.6 Å². The van der Waals surface area contributed by atoms with Crippen molar-refractivity contribution in [2.75, 3.05) is 11.1 Å². The molecule has 0 spiro atoms. The molecule has 3 aromatic rings. The van der Waals surface area contributed by atoms with Crippen molar-refractivity contribution >= 4 is 33.0 Å². The van der Waals surface area contributed by atoms with E-state index in [9.17, 15) is 18.0 Å². The van der Waals surface area contributed by atoms with Crippen molar-refractivity contribution < 1.29 is 13.2 Å². The summed E-state index contributed by atoms with van der Waals surface area (Å²) in [6, 6.07) is 10.8. The monoisotopic (exact) mass is 419 g/mol. The second-order valence-corrected chi connectivity index (χ2v) is 8.81. The van der Waals surface area contributed by atoms with Crippen molar-refractivity contribution in [1.29, 1.82) is 0 Å². The molecule has 0 radical (unpaired) electrons. The standard InChI is InChI=1S/C19H18ClN3O4S/c1-3-28(26,27)15-7-8-17(20)16(10-15)18(24)22-13-5-4-6-14(9-13)23-12(2)11-21-19(23)25/h4-11H,3H2,1-2H3,(H,21,25)(H,22,24). The van der Waals surface area contributed by atoms with Crippen LogP contribution in [0.15, 0.2) is 58.4 Å². The van der Waals surface area contributed by atoms with Gasteiger partial charge in [-0.25, -0.2) is 13.2 Å². The highest BCUT2D eigenvalue weighted by Gasteiger charge is 2.18. The first-order valence-electron chi connectivity index (χ1n) is 8.44. The van der Waals surface area contributed by atoms with Gasteiger partial charge in [0, 0.05) is 17.6 Å². The lowest BCUT2D eigenvalue weighted by Gasteiger charge is -2.11. The van der Waals surface area contributed by atoms with Gasteiger partial charge in [-0.05, 0) is 43.3 Å². The number of sulfone groups is 1. The molecule has 1 amide bonds. The Morgan fingerprint density at radius 1 is 1.21 bits per heavy atom. The molecule has 2 aromatic carbocycles. The fraction of sp³-hybridized carbons (Fsp3) is 0.158.